The summed E-state index contributed by atoms with van der Waals surface area (Å²) < 4.78 is 6.17. The van der Waals surface area contributed by atoms with Gasteiger partial charge in [-0.15, -0.1) is 0 Å². The molecule has 0 aliphatic carbocycles. The highest BCUT2D eigenvalue weighted by atomic mass is 16.5. The topological polar surface area (TPSA) is 44.8 Å². The van der Waals surface area contributed by atoms with Gasteiger partial charge in [0.15, 0.2) is 0 Å². The van der Waals surface area contributed by atoms with Crippen molar-refractivity contribution in [2.45, 2.75) is 57.0 Å². The van der Waals surface area contributed by atoms with E-state index in [1.54, 1.807) is 0 Å². The predicted octanol–water partition coefficient (Wildman–Crippen LogP) is 3.69. The molecular formula is C24H37N3O2. The van der Waals surface area contributed by atoms with Crippen molar-refractivity contribution >= 4 is 6.03 Å². The number of urea groups is 1. The third kappa shape index (κ3) is 5.73. The van der Waals surface area contributed by atoms with E-state index in [1.807, 2.05) is 23.1 Å². The van der Waals surface area contributed by atoms with E-state index in [4.69, 9.17) is 4.74 Å². The molecule has 3 heterocycles. The maximum atomic E-state index is 12.4. The highest BCUT2D eigenvalue weighted by molar-refractivity contribution is 5.74. The van der Waals surface area contributed by atoms with Gasteiger partial charge in [-0.05, 0) is 62.8 Å². The van der Waals surface area contributed by atoms with E-state index in [0.29, 0.717) is 6.54 Å². The Balaban J connectivity index is 1.12. The first-order valence-electron chi connectivity index (χ1n) is 11.7. The second kappa shape index (κ2) is 9.94. The molecule has 5 nitrogen and oxygen atoms in total. The number of nitrogens with zero attached hydrogens (tertiary/aromatic N) is 2. The molecule has 1 aromatic rings. The molecule has 4 rings (SSSR count). The van der Waals surface area contributed by atoms with Gasteiger partial charge in [0.25, 0.3) is 0 Å². The molecule has 0 unspecified atom stereocenters. The molecule has 0 saturated carbocycles. The van der Waals surface area contributed by atoms with Crippen LogP contribution in [-0.2, 0) is 11.2 Å². The largest absolute Gasteiger partial charge is 0.375 e. The fraction of sp³-hybridized carbons (Fsp3) is 0.708. The monoisotopic (exact) mass is 399 g/mol. The molecule has 3 saturated heterocycles. The first kappa shape index (κ1) is 20.7. The van der Waals surface area contributed by atoms with Crippen LogP contribution < -0.4 is 5.32 Å². The third-order valence-corrected chi connectivity index (χ3v) is 7.15. The molecule has 0 atom stereocenters. The number of hydrogen-bond acceptors (Lipinski definition) is 3. The van der Waals surface area contributed by atoms with Crippen LogP contribution in [-0.4, -0.2) is 67.3 Å². The van der Waals surface area contributed by atoms with Crippen LogP contribution in [0.5, 0.6) is 0 Å². The van der Waals surface area contributed by atoms with E-state index in [-0.39, 0.29) is 11.6 Å². The van der Waals surface area contributed by atoms with Crippen LogP contribution in [0.4, 0.5) is 4.79 Å². The normalized spacial score (nSPS) is 23.2. The Labute approximate surface area is 175 Å². The first-order valence-corrected chi connectivity index (χ1v) is 11.7. The quantitative estimate of drug-likeness (QED) is 0.821. The number of hydrogen-bond donors (Lipinski definition) is 1. The van der Waals surface area contributed by atoms with Gasteiger partial charge in [0, 0.05) is 45.9 Å². The highest BCUT2D eigenvalue weighted by Gasteiger charge is 2.37. The summed E-state index contributed by atoms with van der Waals surface area (Å²) in [5.41, 5.74) is 1.48. The Morgan fingerprint density at radius 3 is 2.48 bits per heavy atom. The Morgan fingerprint density at radius 1 is 1.03 bits per heavy atom. The van der Waals surface area contributed by atoms with Gasteiger partial charge in [0.2, 0.25) is 0 Å². The molecular weight excluding hydrogens is 362 g/mol. The second-order valence-electron chi connectivity index (χ2n) is 9.19. The van der Waals surface area contributed by atoms with Crippen LogP contribution in [0, 0.1) is 5.92 Å². The number of amides is 2. The van der Waals surface area contributed by atoms with E-state index in [1.165, 1.54) is 57.3 Å². The lowest BCUT2D eigenvalue weighted by atomic mass is 9.84. The molecule has 3 fully saturated rings. The molecule has 29 heavy (non-hydrogen) atoms. The number of carbonyl (C=O) groups excluding carboxylic acids is 1. The number of benzene rings is 1. The molecule has 1 N–H and O–H groups in total. The molecule has 5 heteroatoms. The van der Waals surface area contributed by atoms with Crippen LogP contribution in [0.3, 0.4) is 0 Å². The van der Waals surface area contributed by atoms with Crippen molar-refractivity contribution in [3.63, 3.8) is 0 Å². The zero-order chi connectivity index (χ0) is 19.9. The average molecular weight is 400 g/mol. The standard InChI is InChI=1S/C24H37N3O2/c28-23(25-14-8-21-6-2-1-3-7-21)27-15-9-22(10-16-27)20-26-17-12-24(13-18-26)11-4-5-19-29-24/h1-3,6-7,22H,4-5,8-20H2,(H,25,28). The molecule has 2 amide bonds. The highest BCUT2D eigenvalue weighted by Crippen LogP contribution is 2.35. The van der Waals surface area contributed by atoms with E-state index in [0.717, 1.165) is 44.9 Å². The van der Waals surface area contributed by atoms with Gasteiger partial charge in [-0.25, -0.2) is 4.79 Å². The van der Waals surface area contributed by atoms with E-state index < -0.39 is 0 Å². The van der Waals surface area contributed by atoms with Crippen molar-refractivity contribution in [3.05, 3.63) is 35.9 Å². The molecule has 0 radical (unpaired) electrons. The summed E-state index contributed by atoms with van der Waals surface area (Å²) in [6, 6.07) is 10.4. The fourth-order valence-electron chi connectivity index (χ4n) is 5.20. The van der Waals surface area contributed by atoms with Crippen molar-refractivity contribution in [3.8, 4) is 0 Å². The molecule has 0 bridgehead atoms. The molecule has 3 aliphatic heterocycles. The van der Waals surface area contributed by atoms with Crippen molar-refractivity contribution in [1.29, 1.82) is 0 Å². The Kier molecular flexibility index (Phi) is 7.09. The molecule has 3 aliphatic rings. The van der Waals surface area contributed by atoms with E-state index in [9.17, 15) is 4.79 Å². The lowest BCUT2D eigenvalue weighted by molar-refractivity contribution is -0.112. The molecule has 0 aromatic heterocycles. The van der Waals surface area contributed by atoms with Crippen LogP contribution in [0.15, 0.2) is 30.3 Å². The van der Waals surface area contributed by atoms with Gasteiger partial charge in [-0.2, -0.15) is 0 Å². The van der Waals surface area contributed by atoms with Crippen molar-refractivity contribution < 1.29 is 9.53 Å². The number of nitrogens with one attached hydrogen (secondary N) is 1. The van der Waals surface area contributed by atoms with E-state index >= 15 is 0 Å². The maximum Gasteiger partial charge on any atom is 0.317 e. The minimum Gasteiger partial charge on any atom is -0.375 e. The van der Waals surface area contributed by atoms with Gasteiger partial charge in [0.1, 0.15) is 0 Å². The number of carbonyl (C=O) groups is 1. The van der Waals surface area contributed by atoms with E-state index in [2.05, 4.69) is 22.3 Å². The van der Waals surface area contributed by atoms with Gasteiger partial charge in [-0.3, -0.25) is 0 Å². The van der Waals surface area contributed by atoms with Crippen LogP contribution >= 0.6 is 0 Å². The van der Waals surface area contributed by atoms with Crippen molar-refractivity contribution in [2.24, 2.45) is 5.92 Å². The van der Waals surface area contributed by atoms with Crippen molar-refractivity contribution in [2.75, 3.05) is 45.9 Å². The van der Waals surface area contributed by atoms with Crippen molar-refractivity contribution in [1.82, 2.24) is 15.1 Å². The molecule has 1 spiro atoms. The third-order valence-electron chi connectivity index (χ3n) is 7.15. The first-order chi connectivity index (χ1) is 14.2. The average Bonchev–Trinajstić information content (AvgIpc) is 2.77. The maximum absolute atomic E-state index is 12.4. The van der Waals surface area contributed by atoms with Gasteiger partial charge < -0.3 is 19.9 Å². The smallest absolute Gasteiger partial charge is 0.317 e. The molecule has 1 aromatic carbocycles. The summed E-state index contributed by atoms with van der Waals surface area (Å²) in [5, 5.41) is 3.09. The number of likely N-dealkylation sites (tertiary alicyclic amines) is 2. The van der Waals surface area contributed by atoms with Crippen LogP contribution in [0.1, 0.15) is 50.5 Å². The summed E-state index contributed by atoms with van der Waals surface area (Å²) in [6.07, 6.45) is 9.40. The number of ether oxygens (including phenoxy) is 1. The Bertz CT molecular complexity index is 627. The van der Waals surface area contributed by atoms with Gasteiger partial charge in [0.05, 0.1) is 5.60 Å². The minimum absolute atomic E-state index is 0.105. The predicted molar refractivity (Wildman–Crippen MR) is 116 cm³/mol. The summed E-state index contributed by atoms with van der Waals surface area (Å²) in [4.78, 5) is 17.1. The van der Waals surface area contributed by atoms with Crippen LogP contribution in [0.2, 0.25) is 0 Å². The second-order valence-corrected chi connectivity index (χ2v) is 9.19. The lowest BCUT2D eigenvalue weighted by Crippen LogP contribution is -2.50. The SMILES string of the molecule is O=C(NCCc1ccccc1)N1CCC(CN2CCC3(CCCCO3)CC2)CC1. The Morgan fingerprint density at radius 2 is 1.79 bits per heavy atom. The zero-order valence-corrected chi connectivity index (χ0v) is 17.8. The summed E-state index contributed by atoms with van der Waals surface area (Å²) >= 11 is 0. The van der Waals surface area contributed by atoms with Gasteiger partial charge in [-0.1, -0.05) is 30.3 Å². The Hall–Kier alpha value is -1.59. The number of piperidine rings is 2. The minimum atomic E-state index is 0.105. The fourth-order valence-corrected chi connectivity index (χ4v) is 5.20. The van der Waals surface area contributed by atoms with Crippen LogP contribution in [0.25, 0.3) is 0 Å². The molecule has 160 valence electrons. The summed E-state index contributed by atoms with van der Waals surface area (Å²) in [6.45, 7) is 7.01. The zero-order valence-electron chi connectivity index (χ0n) is 17.8. The van der Waals surface area contributed by atoms with Gasteiger partial charge >= 0.3 is 6.03 Å². The summed E-state index contributed by atoms with van der Waals surface area (Å²) in [7, 11) is 0. The lowest BCUT2D eigenvalue weighted by Gasteiger charge is -2.45. The number of rotatable bonds is 5. The summed E-state index contributed by atoms with van der Waals surface area (Å²) in [5.74, 6) is 0.727.